The predicted molar refractivity (Wildman–Crippen MR) is 97.6 cm³/mol. The maximum absolute atomic E-state index is 12.3. The van der Waals surface area contributed by atoms with Crippen LogP contribution >= 0.6 is 0 Å². The normalized spacial score (nSPS) is 18.2. The van der Waals surface area contributed by atoms with E-state index in [1.807, 2.05) is 30.3 Å². The number of ether oxygens (including phenoxy) is 2. The van der Waals surface area contributed by atoms with Gasteiger partial charge in [-0.3, -0.25) is 4.79 Å². The summed E-state index contributed by atoms with van der Waals surface area (Å²) >= 11 is 0. The van der Waals surface area contributed by atoms with E-state index in [0.717, 1.165) is 5.56 Å². The monoisotopic (exact) mass is 378 g/mol. The number of esters is 1. The molecule has 3 unspecified atom stereocenters. The number of amides is 2. The Balaban J connectivity index is 1.80. The standard InChI is InChI=1S/C18H26N4O5/c1-12(21-18(25)27-10-13-6-4-3-5-7-13)16(23)22-15(17(24)26-2)8-14-9-19-11-20-14/h3-7,12,14-15,19-20H,8-11H2,1-2H3,(H,21,25)(H,22,23). The number of methoxy groups -OCH3 is 1. The van der Waals surface area contributed by atoms with Gasteiger partial charge >= 0.3 is 12.1 Å². The van der Waals surface area contributed by atoms with Gasteiger partial charge in [-0.25, -0.2) is 9.59 Å². The molecule has 2 rings (SSSR count). The van der Waals surface area contributed by atoms with Crippen LogP contribution in [0.15, 0.2) is 30.3 Å². The lowest BCUT2D eigenvalue weighted by Crippen LogP contribution is -2.52. The first-order valence-corrected chi connectivity index (χ1v) is 8.79. The minimum Gasteiger partial charge on any atom is -0.467 e. The SMILES string of the molecule is COC(=O)C(CC1CNCN1)NC(=O)C(C)NC(=O)OCc1ccccc1. The van der Waals surface area contributed by atoms with Crippen LogP contribution in [0.5, 0.6) is 0 Å². The Labute approximate surface area is 158 Å². The van der Waals surface area contributed by atoms with Crippen LogP contribution in [0.3, 0.4) is 0 Å². The molecule has 1 saturated heterocycles. The first kappa shape index (κ1) is 20.7. The van der Waals surface area contributed by atoms with Crippen LogP contribution in [0, 0.1) is 0 Å². The predicted octanol–water partition coefficient (Wildman–Crippen LogP) is -0.132. The number of benzene rings is 1. The lowest BCUT2D eigenvalue weighted by molar-refractivity contribution is -0.145. The molecule has 9 heteroatoms. The number of carbonyl (C=O) groups excluding carboxylic acids is 3. The molecule has 1 aromatic carbocycles. The molecule has 1 aliphatic heterocycles. The minimum atomic E-state index is -0.866. The molecule has 2 amide bonds. The van der Waals surface area contributed by atoms with E-state index in [0.29, 0.717) is 19.6 Å². The van der Waals surface area contributed by atoms with Gasteiger partial charge in [0.1, 0.15) is 18.7 Å². The highest BCUT2D eigenvalue weighted by Crippen LogP contribution is 2.04. The quantitative estimate of drug-likeness (QED) is 0.465. The van der Waals surface area contributed by atoms with Crippen molar-refractivity contribution in [1.29, 1.82) is 0 Å². The molecule has 0 radical (unpaired) electrons. The summed E-state index contributed by atoms with van der Waals surface area (Å²) in [5.74, 6) is -1.02. The third kappa shape index (κ3) is 6.87. The molecule has 0 aliphatic carbocycles. The van der Waals surface area contributed by atoms with Crippen LogP contribution < -0.4 is 21.3 Å². The molecule has 0 spiro atoms. The van der Waals surface area contributed by atoms with Crippen molar-refractivity contribution >= 4 is 18.0 Å². The molecular formula is C18H26N4O5. The fourth-order valence-electron chi connectivity index (χ4n) is 2.65. The van der Waals surface area contributed by atoms with E-state index in [2.05, 4.69) is 21.3 Å². The van der Waals surface area contributed by atoms with Crippen molar-refractivity contribution in [3.8, 4) is 0 Å². The van der Waals surface area contributed by atoms with Crippen LogP contribution in [0.2, 0.25) is 0 Å². The van der Waals surface area contributed by atoms with Crippen molar-refractivity contribution in [2.75, 3.05) is 20.3 Å². The van der Waals surface area contributed by atoms with Crippen LogP contribution in [-0.4, -0.2) is 56.4 Å². The number of nitrogens with one attached hydrogen (secondary N) is 4. The zero-order chi connectivity index (χ0) is 19.6. The molecule has 1 aliphatic rings. The third-order valence-electron chi connectivity index (χ3n) is 4.17. The number of hydrogen-bond acceptors (Lipinski definition) is 7. The molecule has 1 heterocycles. The summed E-state index contributed by atoms with van der Waals surface area (Å²) in [5.41, 5.74) is 0.841. The van der Waals surface area contributed by atoms with Crippen molar-refractivity contribution in [3.63, 3.8) is 0 Å². The van der Waals surface area contributed by atoms with E-state index in [9.17, 15) is 14.4 Å². The lowest BCUT2D eigenvalue weighted by Gasteiger charge is -2.22. The number of alkyl carbamates (subject to hydrolysis) is 1. The average molecular weight is 378 g/mol. The van der Waals surface area contributed by atoms with Gasteiger partial charge in [-0.2, -0.15) is 0 Å². The number of hydrogen-bond donors (Lipinski definition) is 4. The average Bonchev–Trinajstić information content (AvgIpc) is 3.19. The van der Waals surface area contributed by atoms with Crippen molar-refractivity contribution in [1.82, 2.24) is 21.3 Å². The molecule has 148 valence electrons. The summed E-state index contributed by atoms with van der Waals surface area (Å²) in [5, 5.41) is 11.4. The lowest BCUT2D eigenvalue weighted by atomic mass is 10.1. The summed E-state index contributed by atoms with van der Waals surface area (Å²) in [4.78, 5) is 36.1. The van der Waals surface area contributed by atoms with Gasteiger partial charge in [0.25, 0.3) is 0 Å². The molecule has 0 saturated carbocycles. The van der Waals surface area contributed by atoms with Gasteiger partial charge in [0, 0.05) is 19.3 Å². The Bertz CT molecular complexity index is 634. The van der Waals surface area contributed by atoms with Gasteiger partial charge in [-0.1, -0.05) is 30.3 Å². The van der Waals surface area contributed by atoms with Crippen molar-refractivity contribution < 1.29 is 23.9 Å². The maximum atomic E-state index is 12.3. The highest BCUT2D eigenvalue weighted by Gasteiger charge is 2.28. The highest BCUT2D eigenvalue weighted by atomic mass is 16.5. The number of carbonyl (C=O) groups is 3. The summed E-state index contributed by atoms with van der Waals surface area (Å²) in [7, 11) is 1.27. The first-order valence-electron chi connectivity index (χ1n) is 8.79. The Hall–Kier alpha value is -2.65. The number of rotatable bonds is 8. The van der Waals surface area contributed by atoms with Gasteiger partial charge in [-0.15, -0.1) is 0 Å². The first-order chi connectivity index (χ1) is 13.0. The maximum Gasteiger partial charge on any atom is 0.408 e. The minimum absolute atomic E-state index is 0.0495. The smallest absolute Gasteiger partial charge is 0.408 e. The van der Waals surface area contributed by atoms with Crippen LogP contribution in [0.25, 0.3) is 0 Å². The second kappa shape index (κ2) is 10.5. The summed E-state index contributed by atoms with van der Waals surface area (Å²) in [6, 6.07) is 7.59. The van der Waals surface area contributed by atoms with Crippen molar-refractivity contribution in [2.45, 2.75) is 38.1 Å². The Kier molecular flexibility index (Phi) is 8.02. The van der Waals surface area contributed by atoms with E-state index in [1.54, 1.807) is 0 Å². The van der Waals surface area contributed by atoms with E-state index in [1.165, 1.54) is 14.0 Å². The molecule has 9 nitrogen and oxygen atoms in total. The van der Waals surface area contributed by atoms with E-state index in [-0.39, 0.29) is 12.6 Å². The van der Waals surface area contributed by atoms with E-state index in [4.69, 9.17) is 9.47 Å². The van der Waals surface area contributed by atoms with E-state index >= 15 is 0 Å². The Morgan fingerprint density at radius 2 is 1.96 bits per heavy atom. The molecule has 27 heavy (non-hydrogen) atoms. The molecule has 0 bridgehead atoms. The van der Waals surface area contributed by atoms with E-state index < -0.39 is 30.1 Å². The van der Waals surface area contributed by atoms with Crippen LogP contribution in [-0.2, 0) is 25.7 Å². The second-order valence-electron chi connectivity index (χ2n) is 6.28. The van der Waals surface area contributed by atoms with Crippen molar-refractivity contribution in [3.05, 3.63) is 35.9 Å². The summed E-state index contributed by atoms with van der Waals surface area (Å²) < 4.78 is 9.85. The van der Waals surface area contributed by atoms with Gasteiger partial charge in [0.15, 0.2) is 0 Å². The summed E-state index contributed by atoms with van der Waals surface area (Å²) in [6.07, 6.45) is -0.325. The van der Waals surface area contributed by atoms with Crippen LogP contribution in [0.1, 0.15) is 18.9 Å². The molecule has 0 aromatic heterocycles. The highest BCUT2D eigenvalue weighted by molar-refractivity contribution is 5.89. The fraction of sp³-hybridized carbons (Fsp3) is 0.500. The Morgan fingerprint density at radius 3 is 2.59 bits per heavy atom. The van der Waals surface area contributed by atoms with Gasteiger partial charge < -0.3 is 30.7 Å². The topological polar surface area (TPSA) is 118 Å². The summed E-state index contributed by atoms with van der Waals surface area (Å²) in [6.45, 7) is 2.97. The second-order valence-corrected chi connectivity index (χ2v) is 6.28. The molecule has 1 fully saturated rings. The molecule has 4 N–H and O–H groups in total. The van der Waals surface area contributed by atoms with Gasteiger partial charge in [0.2, 0.25) is 5.91 Å². The largest absolute Gasteiger partial charge is 0.467 e. The molecule has 1 aromatic rings. The molecule has 3 atom stereocenters. The molecular weight excluding hydrogens is 352 g/mol. The van der Waals surface area contributed by atoms with Gasteiger partial charge in [0.05, 0.1) is 7.11 Å². The Morgan fingerprint density at radius 1 is 1.22 bits per heavy atom. The fourth-order valence-corrected chi connectivity index (χ4v) is 2.65. The van der Waals surface area contributed by atoms with Crippen LogP contribution in [0.4, 0.5) is 4.79 Å². The zero-order valence-electron chi connectivity index (χ0n) is 15.5. The zero-order valence-corrected chi connectivity index (χ0v) is 15.5. The van der Waals surface area contributed by atoms with Gasteiger partial charge in [-0.05, 0) is 18.9 Å². The van der Waals surface area contributed by atoms with Crippen molar-refractivity contribution in [2.24, 2.45) is 0 Å². The third-order valence-corrected chi connectivity index (χ3v) is 4.17.